The summed E-state index contributed by atoms with van der Waals surface area (Å²) >= 11 is 1.73. The number of thioether (sulfide) groups is 1. The monoisotopic (exact) mass is 504 g/mol. The van der Waals surface area contributed by atoms with Crippen molar-refractivity contribution < 1.29 is 4.39 Å². The molecule has 0 unspecified atom stereocenters. The van der Waals surface area contributed by atoms with E-state index in [1.807, 2.05) is 12.1 Å². The molecule has 1 aromatic carbocycles. The summed E-state index contributed by atoms with van der Waals surface area (Å²) in [6.45, 7) is 5.23. The summed E-state index contributed by atoms with van der Waals surface area (Å²) < 4.78 is 15.1. The number of aryl methyl sites for hydroxylation is 1. The predicted octanol–water partition coefficient (Wildman–Crippen LogP) is 3.22. The number of aromatic nitrogens is 3. The fraction of sp³-hybridized carbons (Fsp3) is 0.500. The summed E-state index contributed by atoms with van der Waals surface area (Å²) in [5.74, 6) is 3.58. The molecule has 0 fully saturated rings. The van der Waals surface area contributed by atoms with Gasteiger partial charge in [0.2, 0.25) is 0 Å². The second kappa shape index (κ2) is 11.5. The standard InChI is InChI=1S/C18H25FN6S.HI/c1-2-20-18(22-13-17-24-23-16-5-3-11-25(16)17)21-10-4-12-26-15-8-6-14(19)7-9-15;/h6-9H,2-5,10-13H2,1H3,(H2,20,21,22);1H. The maximum absolute atomic E-state index is 12.9. The molecule has 2 aromatic rings. The van der Waals surface area contributed by atoms with Gasteiger partial charge in [0.05, 0.1) is 0 Å². The summed E-state index contributed by atoms with van der Waals surface area (Å²) in [5.41, 5.74) is 0. The molecule has 0 saturated heterocycles. The van der Waals surface area contributed by atoms with Gasteiger partial charge in [-0.15, -0.1) is 45.9 Å². The minimum atomic E-state index is -0.194. The molecule has 0 radical (unpaired) electrons. The lowest BCUT2D eigenvalue weighted by molar-refractivity contribution is 0.626. The molecule has 148 valence electrons. The summed E-state index contributed by atoms with van der Waals surface area (Å²) in [5, 5.41) is 15.1. The van der Waals surface area contributed by atoms with E-state index in [1.54, 1.807) is 11.8 Å². The van der Waals surface area contributed by atoms with Crippen LogP contribution < -0.4 is 10.6 Å². The van der Waals surface area contributed by atoms with Gasteiger partial charge in [-0.1, -0.05) is 0 Å². The maximum atomic E-state index is 12.9. The van der Waals surface area contributed by atoms with Gasteiger partial charge in [0.25, 0.3) is 0 Å². The molecule has 27 heavy (non-hydrogen) atoms. The zero-order chi connectivity index (χ0) is 18.2. The number of hydrogen-bond donors (Lipinski definition) is 2. The molecule has 0 bridgehead atoms. The highest BCUT2D eigenvalue weighted by molar-refractivity contribution is 14.0. The van der Waals surface area contributed by atoms with Crippen molar-refractivity contribution in [2.45, 2.75) is 44.2 Å². The van der Waals surface area contributed by atoms with Gasteiger partial charge in [-0.25, -0.2) is 9.38 Å². The first kappa shape index (κ1) is 21.9. The van der Waals surface area contributed by atoms with E-state index in [0.717, 1.165) is 67.2 Å². The van der Waals surface area contributed by atoms with Crippen molar-refractivity contribution in [1.82, 2.24) is 25.4 Å². The van der Waals surface area contributed by atoms with E-state index >= 15 is 0 Å². The first-order chi connectivity index (χ1) is 12.8. The molecule has 2 heterocycles. The van der Waals surface area contributed by atoms with E-state index < -0.39 is 0 Å². The SMILES string of the molecule is CCNC(=NCc1nnc2n1CCC2)NCCCSc1ccc(F)cc1.I. The van der Waals surface area contributed by atoms with Crippen molar-refractivity contribution in [3.05, 3.63) is 41.7 Å². The van der Waals surface area contributed by atoms with Crippen molar-refractivity contribution in [3.8, 4) is 0 Å². The zero-order valence-electron chi connectivity index (χ0n) is 15.4. The Morgan fingerprint density at radius 2 is 2.07 bits per heavy atom. The molecule has 3 rings (SSSR count). The lowest BCUT2D eigenvalue weighted by Gasteiger charge is -2.11. The Kier molecular flexibility index (Phi) is 9.32. The maximum Gasteiger partial charge on any atom is 0.191 e. The van der Waals surface area contributed by atoms with Gasteiger partial charge in [-0.2, -0.15) is 0 Å². The van der Waals surface area contributed by atoms with Crippen LogP contribution in [-0.4, -0.2) is 39.6 Å². The first-order valence-corrected chi connectivity index (χ1v) is 10.1. The summed E-state index contributed by atoms with van der Waals surface area (Å²) in [6, 6.07) is 6.63. The third-order valence-electron chi connectivity index (χ3n) is 4.10. The Morgan fingerprint density at radius 1 is 1.26 bits per heavy atom. The lowest BCUT2D eigenvalue weighted by atomic mass is 10.4. The number of aliphatic imine (C=N–C) groups is 1. The average molecular weight is 504 g/mol. The molecule has 0 saturated carbocycles. The lowest BCUT2D eigenvalue weighted by Crippen LogP contribution is -2.38. The molecule has 9 heteroatoms. The summed E-state index contributed by atoms with van der Waals surface area (Å²) in [7, 11) is 0. The third kappa shape index (κ3) is 6.63. The predicted molar refractivity (Wildman–Crippen MR) is 118 cm³/mol. The Morgan fingerprint density at radius 3 is 2.85 bits per heavy atom. The van der Waals surface area contributed by atoms with Crippen LogP contribution in [0, 0.1) is 5.82 Å². The largest absolute Gasteiger partial charge is 0.357 e. The molecule has 2 N–H and O–H groups in total. The Bertz CT molecular complexity index is 734. The van der Waals surface area contributed by atoms with Crippen molar-refractivity contribution in [2.75, 3.05) is 18.8 Å². The fourth-order valence-corrected chi connectivity index (χ4v) is 3.67. The number of rotatable bonds is 8. The van der Waals surface area contributed by atoms with Crippen molar-refractivity contribution in [1.29, 1.82) is 0 Å². The molecule has 0 spiro atoms. The normalized spacial score (nSPS) is 13.2. The molecule has 0 amide bonds. The number of guanidine groups is 1. The van der Waals surface area contributed by atoms with Gasteiger partial charge in [-0.05, 0) is 49.8 Å². The Hall–Kier alpha value is -1.36. The zero-order valence-corrected chi connectivity index (χ0v) is 18.6. The van der Waals surface area contributed by atoms with E-state index in [-0.39, 0.29) is 29.8 Å². The second-order valence-corrected chi connectivity index (χ2v) is 7.23. The van der Waals surface area contributed by atoms with Crippen LogP contribution in [-0.2, 0) is 19.5 Å². The number of fused-ring (bicyclic) bond motifs is 1. The molecule has 1 aliphatic heterocycles. The van der Waals surface area contributed by atoms with Gasteiger partial charge in [-0.3, -0.25) is 0 Å². The van der Waals surface area contributed by atoms with Crippen LogP contribution in [0.2, 0.25) is 0 Å². The van der Waals surface area contributed by atoms with Crippen LogP contribution in [0.15, 0.2) is 34.2 Å². The minimum Gasteiger partial charge on any atom is -0.357 e. The van der Waals surface area contributed by atoms with Gasteiger partial charge >= 0.3 is 0 Å². The second-order valence-electron chi connectivity index (χ2n) is 6.07. The highest BCUT2D eigenvalue weighted by atomic mass is 127. The number of nitrogens with one attached hydrogen (secondary N) is 2. The van der Waals surface area contributed by atoms with Crippen molar-refractivity contribution in [3.63, 3.8) is 0 Å². The summed E-state index contributed by atoms with van der Waals surface area (Å²) in [6.07, 6.45) is 3.15. The van der Waals surface area contributed by atoms with Crippen LogP contribution in [0.3, 0.4) is 0 Å². The van der Waals surface area contributed by atoms with Gasteiger partial charge < -0.3 is 15.2 Å². The highest BCUT2D eigenvalue weighted by Gasteiger charge is 2.16. The van der Waals surface area contributed by atoms with E-state index in [9.17, 15) is 4.39 Å². The van der Waals surface area contributed by atoms with E-state index in [4.69, 9.17) is 0 Å². The van der Waals surface area contributed by atoms with E-state index in [2.05, 4.69) is 37.3 Å². The van der Waals surface area contributed by atoms with Crippen molar-refractivity contribution in [2.24, 2.45) is 4.99 Å². The molecule has 1 aromatic heterocycles. The van der Waals surface area contributed by atoms with E-state index in [1.165, 1.54) is 12.1 Å². The average Bonchev–Trinajstić information content (AvgIpc) is 3.25. The highest BCUT2D eigenvalue weighted by Crippen LogP contribution is 2.18. The Balaban J connectivity index is 0.00000261. The van der Waals surface area contributed by atoms with Gasteiger partial charge in [0, 0.05) is 31.0 Å². The minimum absolute atomic E-state index is 0. The van der Waals surface area contributed by atoms with E-state index in [0.29, 0.717) is 6.54 Å². The number of halogens is 2. The number of benzene rings is 1. The van der Waals surface area contributed by atoms with Gasteiger partial charge in [0.1, 0.15) is 18.2 Å². The molecule has 1 aliphatic rings. The van der Waals surface area contributed by atoms with Crippen LogP contribution >= 0.6 is 35.7 Å². The molecule has 6 nitrogen and oxygen atoms in total. The summed E-state index contributed by atoms with van der Waals surface area (Å²) in [4.78, 5) is 5.71. The number of nitrogens with zero attached hydrogens (tertiary/aromatic N) is 4. The quantitative estimate of drug-likeness (QED) is 0.190. The smallest absolute Gasteiger partial charge is 0.191 e. The number of hydrogen-bond acceptors (Lipinski definition) is 4. The fourth-order valence-electron chi connectivity index (χ4n) is 2.82. The molecule has 0 atom stereocenters. The van der Waals surface area contributed by atoms with Crippen LogP contribution in [0.4, 0.5) is 4.39 Å². The topological polar surface area (TPSA) is 67.1 Å². The first-order valence-electron chi connectivity index (χ1n) is 9.07. The molecular weight excluding hydrogens is 478 g/mol. The molecule has 0 aliphatic carbocycles. The Labute approximate surface area is 180 Å². The van der Waals surface area contributed by atoms with Crippen molar-refractivity contribution >= 4 is 41.7 Å². The van der Waals surface area contributed by atoms with Crippen LogP contribution in [0.1, 0.15) is 31.4 Å². The van der Waals surface area contributed by atoms with Crippen LogP contribution in [0.25, 0.3) is 0 Å². The van der Waals surface area contributed by atoms with Gasteiger partial charge in [0.15, 0.2) is 11.8 Å². The molecular formula is C18H26FIN6S. The third-order valence-corrected chi connectivity index (χ3v) is 5.20. The van der Waals surface area contributed by atoms with Crippen LogP contribution in [0.5, 0.6) is 0 Å².